The van der Waals surface area contributed by atoms with Crippen LogP contribution in [0, 0.1) is 6.92 Å². The molecular weight excluding hydrogens is 390 g/mol. The molecule has 7 heteroatoms. The molecule has 146 valence electrons. The number of hydrogen-bond donors (Lipinski definition) is 1. The van der Waals surface area contributed by atoms with E-state index >= 15 is 0 Å². The van der Waals surface area contributed by atoms with Crippen molar-refractivity contribution in [3.63, 3.8) is 0 Å². The molecule has 0 saturated carbocycles. The van der Waals surface area contributed by atoms with E-state index in [0.29, 0.717) is 12.4 Å². The number of ether oxygens (including phenoxy) is 1. The molecular formula is C21H23N3O2S2. The van der Waals surface area contributed by atoms with Crippen LogP contribution in [0.5, 0.6) is 5.75 Å². The third-order valence-electron chi connectivity index (χ3n) is 4.68. The lowest BCUT2D eigenvalue weighted by molar-refractivity contribution is -0.113. The first-order valence-electron chi connectivity index (χ1n) is 9.58. The lowest BCUT2D eigenvalue weighted by atomic mass is 9.97. The van der Waals surface area contributed by atoms with Crippen molar-refractivity contribution in [3.05, 3.63) is 40.5 Å². The maximum atomic E-state index is 12.4. The van der Waals surface area contributed by atoms with Gasteiger partial charge in [0.1, 0.15) is 21.4 Å². The molecule has 4 rings (SSSR count). The van der Waals surface area contributed by atoms with Crippen molar-refractivity contribution in [2.45, 2.75) is 44.6 Å². The van der Waals surface area contributed by atoms with Crippen molar-refractivity contribution in [3.8, 4) is 5.75 Å². The number of hydrogen-bond acceptors (Lipinski definition) is 6. The Morgan fingerprint density at radius 2 is 2.00 bits per heavy atom. The summed E-state index contributed by atoms with van der Waals surface area (Å²) >= 11 is 3.29. The number of amides is 1. The Balaban J connectivity index is 1.47. The molecule has 2 heterocycles. The molecule has 2 aromatic heterocycles. The van der Waals surface area contributed by atoms with E-state index in [-0.39, 0.29) is 5.91 Å². The van der Waals surface area contributed by atoms with Crippen molar-refractivity contribution in [2.24, 2.45) is 0 Å². The van der Waals surface area contributed by atoms with Gasteiger partial charge in [0, 0.05) is 16.0 Å². The van der Waals surface area contributed by atoms with E-state index in [0.717, 1.165) is 40.0 Å². The van der Waals surface area contributed by atoms with E-state index in [9.17, 15) is 4.79 Å². The predicted octanol–water partition coefficient (Wildman–Crippen LogP) is 5.01. The number of nitrogens with one attached hydrogen (secondary N) is 1. The summed E-state index contributed by atoms with van der Waals surface area (Å²) < 4.78 is 5.43. The monoisotopic (exact) mass is 413 g/mol. The number of carbonyl (C=O) groups is 1. The van der Waals surface area contributed by atoms with Crippen LogP contribution in [0.4, 0.5) is 5.69 Å². The van der Waals surface area contributed by atoms with Crippen LogP contribution < -0.4 is 10.1 Å². The maximum absolute atomic E-state index is 12.4. The number of anilines is 1. The fourth-order valence-electron chi connectivity index (χ4n) is 3.46. The topological polar surface area (TPSA) is 64.1 Å². The highest BCUT2D eigenvalue weighted by atomic mass is 32.2. The van der Waals surface area contributed by atoms with Gasteiger partial charge in [0.05, 0.1) is 12.4 Å². The number of fused-ring (bicyclic) bond motifs is 3. The molecule has 0 aliphatic heterocycles. The molecule has 1 N–H and O–H groups in total. The largest absolute Gasteiger partial charge is 0.494 e. The van der Waals surface area contributed by atoms with Crippen molar-refractivity contribution in [1.82, 2.24) is 9.97 Å². The molecule has 0 unspecified atom stereocenters. The molecule has 1 aliphatic rings. The molecule has 1 amide bonds. The van der Waals surface area contributed by atoms with Gasteiger partial charge in [0.2, 0.25) is 5.91 Å². The number of carbonyl (C=O) groups excluding carboxylic acids is 1. The molecule has 0 spiro atoms. The van der Waals surface area contributed by atoms with Crippen LogP contribution in [0.2, 0.25) is 0 Å². The summed E-state index contributed by atoms with van der Waals surface area (Å²) in [7, 11) is 0. The lowest BCUT2D eigenvalue weighted by Gasteiger charge is -2.12. The first kappa shape index (κ1) is 19.2. The van der Waals surface area contributed by atoms with Crippen LogP contribution in [-0.2, 0) is 17.6 Å². The molecule has 0 bridgehead atoms. The minimum Gasteiger partial charge on any atom is -0.494 e. The number of thiophene rings is 1. The number of rotatable bonds is 6. The van der Waals surface area contributed by atoms with Gasteiger partial charge >= 0.3 is 0 Å². The van der Waals surface area contributed by atoms with Gasteiger partial charge in [-0.15, -0.1) is 11.3 Å². The van der Waals surface area contributed by atoms with Gasteiger partial charge in [-0.25, -0.2) is 9.97 Å². The first-order chi connectivity index (χ1) is 13.6. The second-order valence-corrected chi connectivity index (χ2v) is 8.81. The molecule has 1 aromatic carbocycles. The van der Waals surface area contributed by atoms with Crippen LogP contribution in [0.25, 0.3) is 10.2 Å². The van der Waals surface area contributed by atoms with Crippen molar-refractivity contribution in [1.29, 1.82) is 0 Å². The summed E-state index contributed by atoms with van der Waals surface area (Å²) in [5, 5.41) is 5.05. The van der Waals surface area contributed by atoms with Gasteiger partial charge in [-0.2, -0.15) is 0 Å². The van der Waals surface area contributed by atoms with Gasteiger partial charge in [-0.1, -0.05) is 11.8 Å². The highest BCUT2D eigenvalue weighted by molar-refractivity contribution is 8.00. The van der Waals surface area contributed by atoms with Crippen LogP contribution >= 0.6 is 23.1 Å². The molecule has 0 saturated heterocycles. The number of aryl methyl sites for hydroxylation is 3. The molecule has 1 aliphatic carbocycles. The van der Waals surface area contributed by atoms with E-state index in [2.05, 4.69) is 15.3 Å². The number of aromatic nitrogens is 2. The first-order valence-corrected chi connectivity index (χ1v) is 11.4. The molecule has 5 nitrogen and oxygen atoms in total. The normalized spacial score (nSPS) is 13.4. The Kier molecular flexibility index (Phi) is 5.82. The van der Waals surface area contributed by atoms with E-state index < -0.39 is 0 Å². The Hall–Kier alpha value is -2.12. The fourth-order valence-corrected chi connectivity index (χ4v) is 5.73. The van der Waals surface area contributed by atoms with E-state index in [1.807, 2.05) is 38.1 Å². The lowest BCUT2D eigenvalue weighted by Crippen LogP contribution is -2.14. The maximum Gasteiger partial charge on any atom is 0.234 e. The number of benzene rings is 1. The van der Waals surface area contributed by atoms with Gasteiger partial charge < -0.3 is 10.1 Å². The van der Waals surface area contributed by atoms with Gasteiger partial charge in [0.15, 0.2) is 0 Å². The van der Waals surface area contributed by atoms with Crippen LogP contribution in [0.1, 0.15) is 36.0 Å². The Morgan fingerprint density at radius 1 is 1.21 bits per heavy atom. The molecule has 0 atom stereocenters. The van der Waals surface area contributed by atoms with Crippen LogP contribution in [0.3, 0.4) is 0 Å². The SMILES string of the molecule is CCOc1ccc(NC(=O)CSc2nc(C)nc3sc4c(c23)CCCC4)cc1. The summed E-state index contributed by atoms with van der Waals surface area (Å²) in [6, 6.07) is 7.44. The average Bonchev–Trinajstić information content (AvgIpc) is 3.06. The summed E-state index contributed by atoms with van der Waals surface area (Å²) in [6.45, 7) is 4.49. The number of thioether (sulfide) groups is 1. The van der Waals surface area contributed by atoms with E-state index in [4.69, 9.17) is 4.74 Å². The standard InChI is InChI=1S/C21H23N3O2S2/c1-3-26-15-10-8-14(9-11-15)24-18(25)12-27-20-19-16-6-4-5-7-17(16)28-21(19)23-13(2)22-20/h8-11H,3-7,12H2,1-2H3,(H,24,25). The summed E-state index contributed by atoms with van der Waals surface area (Å²) in [4.78, 5) is 24.2. The fraction of sp³-hybridized carbons (Fsp3) is 0.381. The second-order valence-electron chi connectivity index (χ2n) is 6.76. The van der Waals surface area contributed by atoms with Gasteiger partial charge in [-0.3, -0.25) is 4.79 Å². The summed E-state index contributed by atoms with van der Waals surface area (Å²) in [6.07, 6.45) is 4.69. The third kappa shape index (κ3) is 4.15. The van der Waals surface area contributed by atoms with Crippen molar-refractivity contribution < 1.29 is 9.53 Å². The Morgan fingerprint density at radius 3 is 2.79 bits per heavy atom. The zero-order chi connectivity index (χ0) is 19.5. The minimum absolute atomic E-state index is 0.0392. The smallest absolute Gasteiger partial charge is 0.234 e. The Labute approximate surface area is 172 Å². The highest BCUT2D eigenvalue weighted by Gasteiger charge is 2.21. The zero-order valence-electron chi connectivity index (χ0n) is 16.1. The number of nitrogens with zero attached hydrogens (tertiary/aromatic N) is 2. The van der Waals surface area contributed by atoms with Crippen molar-refractivity contribution >= 4 is 44.9 Å². The van der Waals surface area contributed by atoms with Crippen LogP contribution in [-0.4, -0.2) is 28.2 Å². The zero-order valence-corrected chi connectivity index (χ0v) is 17.7. The second kappa shape index (κ2) is 8.49. The summed E-state index contributed by atoms with van der Waals surface area (Å²) in [5.41, 5.74) is 2.17. The molecule has 28 heavy (non-hydrogen) atoms. The van der Waals surface area contributed by atoms with Crippen molar-refractivity contribution in [2.75, 3.05) is 17.7 Å². The van der Waals surface area contributed by atoms with Crippen LogP contribution in [0.15, 0.2) is 29.3 Å². The van der Waals surface area contributed by atoms with E-state index in [1.54, 1.807) is 11.3 Å². The Bertz CT molecular complexity index is 999. The highest BCUT2D eigenvalue weighted by Crippen LogP contribution is 2.39. The summed E-state index contributed by atoms with van der Waals surface area (Å²) in [5.74, 6) is 1.85. The van der Waals surface area contributed by atoms with E-state index in [1.165, 1.54) is 40.4 Å². The molecule has 3 aromatic rings. The van der Waals surface area contributed by atoms with Gasteiger partial charge in [-0.05, 0) is 69.4 Å². The minimum atomic E-state index is -0.0392. The quantitative estimate of drug-likeness (QED) is 0.455. The third-order valence-corrected chi connectivity index (χ3v) is 6.84. The van der Waals surface area contributed by atoms with Gasteiger partial charge in [0.25, 0.3) is 0 Å². The molecule has 0 fully saturated rings. The average molecular weight is 414 g/mol. The molecule has 0 radical (unpaired) electrons. The predicted molar refractivity (Wildman–Crippen MR) is 116 cm³/mol.